The normalized spacial score (nSPS) is 23.4. The first-order valence-electron chi connectivity index (χ1n) is 11.6. The van der Waals surface area contributed by atoms with Gasteiger partial charge in [-0.1, -0.05) is 46.2 Å². The zero-order valence-electron chi connectivity index (χ0n) is 19.3. The molecule has 1 aromatic heterocycles. The van der Waals surface area contributed by atoms with Crippen LogP contribution < -0.4 is 4.57 Å². The Morgan fingerprint density at radius 2 is 1.68 bits per heavy atom. The van der Waals surface area contributed by atoms with Crippen molar-refractivity contribution in [3.05, 3.63) is 52.7 Å². The molecule has 0 bridgehead atoms. The first kappa shape index (κ1) is 21.1. The van der Waals surface area contributed by atoms with Gasteiger partial charge in [-0.05, 0) is 69.7 Å². The molecule has 1 aliphatic rings. The number of nitrogens with zero attached hydrogens (tertiary/aromatic N) is 1. The zero-order chi connectivity index (χ0) is 20.5. The zero-order valence-corrected chi connectivity index (χ0v) is 19.3. The molecule has 0 fully saturated rings. The van der Waals surface area contributed by atoms with Gasteiger partial charge in [0.1, 0.15) is 0 Å². The highest BCUT2D eigenvalue weighted by Gasteiger charge is 2.59. The van der Waals surface area contributed by atoms with E-state index in [1.807, 2.05) is 0 Å². The van der Waals surface area contributed by atoms with Crippen LogP contribution in [-0.2, 0) is 17.4 Å². The molecule has 1 aliphatic heterocycles. The lowest BCUT2D eigenvalue weighted by Crippen LogP contribution is -2.69. The minimum Gasteiger partial charge on any atom is -0.192 e. The lowest BCUT2D eigenvalue weighted by molar-refractivity contribution is -0.770. The number of rotatable bonds is 7. The fraction of sp³-hybridized carbons (Fsp3) is 0.593. The summed E-state index contributed by atoms with van der Waals surface area (Å²) < 4.78 is 2.70. The summed E-state index contributed by atoms with van der Waals surface area (Å²) in [4.78, 5) is 0. The Balaban J connectivity index is 2.38. The van der Waals surface area contributed by atoms with E-state index < -0.39 is 0 Å². The van der Waals surface area contributed by atoms with Crippen LogP contribution in [0.1, 0.15) is 95.4 Å². The summed E-state index contributed by atoms with van der Waals surface area (Å²) in [6.45, 7) is 16.5. The lowest BCUT2D eigenvalue weighted by Gasteiger charge is -2.48. The molecule has 2 aromatic rings. The van der Waals surface area contributed by atoms with Crippen LogP contribution in [0, 0.1) is 13.8 Å². The third-order valence-electron chi connectivity index (χ3n) is 7.59. The van der Waals surface area contributed by atoms with Gasteiger partial charge in [-0.15, -0.1) is 0 Å². The Morgan fingerprint density at radius 1 is 0.929 bits per heavy atom. The number of unbranched alkanes of at least 4 members (excludes halogenated alkanes) is 1. The maximum Gasteiger partial charge on any atom is 0.216 e. The number of hydrogen-bond donors (Lipinski definition) is 0. The Morgan fingerprint density at radius 3 is 2.29 bits per heavy atom. The highest BCUT2D eigenvalue weighted by atomic mass is 15.1. The van der Waals surface area contributed by atoms with Crippen molar-refractivity contribution >= 4 is 0 Å². The highest BCUT2D eigenvalue weighted by Crippen LogP contribution is 2.52. The van der Waals surface area contributed by atoms with E-state index in [9.17, 15) is 0 Å². The van der Waals surface area contributed by atoms with E-state index in [-0.39, 0.29) is 11.0 Å². The van der Waals surface area contributed by atoms with E-state index in [0.717, 1.165) is 0 Å². The van der Waals surface area contributed by atoms with Gasteiger partial charge in [0.05, 0.1) is 11.0 Å². The molecule has 2 heterocycles. The van der Waals surface area contributed by atoms with E-state index in [4.69, 9.17) is 0 Å². The number of hydrogen-bond acceptors (Lipinski definition) is 0. The summed E-state index contributed by atoms with van der Waals surface area (Å²) >= 11 is 0. The third kappa shape index (κ3) is 3.02. The molecule has 28 heavy (non-hydrogen) atoms. The standard InChI is InChI=1S/C27H40N/c1-8-12-13-22-14-15-24-23(18-22)25-21(6)17-20(5)19-28(25)27(11-4,16-9-2)26(24,7)10-3/h14-15,17-19H,8-13,16H2,1-7H3/q+1. The van der Waals surface area contributed by atoms with Crippen molar-refractivity contribution in [2.24, 2.45) is 0 Å². The van der Waals surface area contributed by atoms with Crippen LogP contribution in [-0.4, -0.2) is 0 Å². The van der Waals surface area contributed by atoms with Gasteiger partial charge >= 0.3 is 0 Å². The first-order valence-corrected chi connectivity index (χ1v) is 11.6. The van der Waals surface area contributed by atoms with Gasteiger partial charge in [-0.25, -0.2) is 0 Å². The van der Waals surface area contributed by atoms with Crippen LogP contribution in [0.15, 0.2) is 30.5 Å². The van der Waals surface area contributed by atoms with E-state index in [1.165, 1.54) is 72.9 Å². The molecular weight excluding hydrogens is 338 g/mol. The molecule has 3 rings (SSSR count). The average Bonchev–Trinajstić information content (AvgIpc) is 2.68. The molecule has 0 radical (unpaired) electrons. The van der Waals surface area contributed by atoms with Gasteiger partial charge in [0.15, 0.2) is 11.7 Å². The summed E-state index contributed by atoms with van der Waals surface area (Å²) in [5.74, 6) is 0. The summed E-state index contributed by atoms with van der Waals surface area (Å²) in [5.41, 5.74) is 9.08. The number of benzene rings is 1. The van der Waals surface area contributed by atoms with Gasteiger partial charge in [-0.2, -0.15) is 4.57 Å². The Kier molecular flexibility index (Phi) is 6.03. The fourth-order valence-corrected chi connectivity index (χ4v) is 5.97. The van der Waals surface area contributed by atoms with Crippen LogP contribution in [0.5, 0.6) is 0 Å². The lowest BCUT2D eigenvalue weighted by atomic mass is 9.58. The Bertz CT molecular complexity index is 850. The molecule has 1 aromatic carbocycles. The number of aryl methyl sites for hydroxylation is 3. The molecular formula is C27H40N+. The quantitative estimate of drug-likeness (QED) is 0.449. The van der Waals surface area contributed by atoms with Gasteiger partial charge in [0, 0.05) is 24.0 Å². The Labute approximate surface area is 173 Å². The van der Waals surface area contributed by atoms with Crippen LogP contribution in [0.25, 0.3) is 11.3 Å². The van der Waals surface area contributed by atoms with Crippen molar-refractivity contribution in [1.29, 1.82) is 0 Å². The number of pyridine rings is 1. The summed E-state index contributed by atoms with van der Waals surface area (Å²) in [6, 6.07) is 9.77. The molecule has 152 valence electrons. The van der Waals surface area contributed by atoms with Crippen molar-refractivity contribution < 1.29 is 4.57 Å². The van der Waals surface area contributed by atoms with E-state index in [1.54, 1.807) is 5.56 Å². The van der Waals surface area contributed by atoms with Crippen molar-refractivity contribution in [3.63, 3.8) is 0 Å². The molecule has 1 nitrogen and oxygen atoms in total. The smallest absolute Gasteiger partial charge is 0.192 e. The molecule has 0 saturated carbocycles. The molecule has 0 aliphatic carbocycles. The largest absolute Gasteiger partial charge is 0.216 e. The number of fused-ring (bicyclic) bond motifs is 3. The van der Waals surface area contributed by atoms with Gasteiger partial charge in [0.25, 0.3) is 0 Å². The maximum atomic E-state index is 2.70. The predicted molar refractivity (Wildman–Crippen MR) is 121 cm³/mol. The monoisotopic (exact) mass is 378 g/mol. The molecule has 0 spiro atoms. The molecule has 0 amide bonds. The van der Waals surface area contributed by atoms with Crippen molar-refractivity contribution in [3.8, 4) is 11.3 Å². The maximum absolute atomic E-state index is 2.70. The second-order valence-electron chi connectivity index (χ2n) is 9.22. The van der Waals surface area contributed by atoms with Crippen molar-refractivity contribution in [2.75, 3.05) is 0 Å². The van der Waals surface area contributed by atoms with Gasteiger partial charge in [-0.3, -0.25) is 0 Å². The second kappa shape index (κ2) is 8.01. The first-order chi connectivity index (χ1) is 13.4. The van der Waals surface area contributed by atoms with E-state index in [0.29, 0.717) is 0 Å². The minimum atomic E-state index is 0.139. The minimum absolute atomic E-state index is 0.139. The van der Waals surface area contributed by atoms with Crippen LogP contribution in [0.2, 0.25) is 0 Å². The second-order valence-corrected chi connectivity index (χ2v) is 9.22. The highest BCUT2D eigenvalue weighted by molar-refractivity contribution is 5.69. The Hall–Kier alpha value is -1.63. The van der Waals surface area contributed by atoms with Crippen molar-refractivity contribution in [2.45, 2.75) is 104 Å². The van der Waals surface area contributed by atoms with Crippen molar-refractivity contribution in [1.82, 2.24) is 0 Å². The van der Waals surface area contributed by atoms with Crippen LogP contribution in [0.3, 0.4) is 0 Å². The fourth-order valence-electron chi connectivity index (χ4n) is 5.97. The summed E-state index contributed by atoms with van der Waals surface area (Å²) in [6.07, 6.45) is 10.9. The van der Waals surface area contributed by atoms with Crippen LogP contribution in [0.4, 0.5) is 0 Å². The number of aromatic nitrogens is 1. The molecule has 1 heteroatoms. The average molecular weight is 379 g/mol. The van der Waals surface area contributed by atoms with Gasteiger partial charge in [0.2, 0.25) is 5.69 Å². The van der Waals surface area contributed by atoms with Crippen LogP contribution >= 0.6 is 0 Å². The molecule has 0 saturated heterocycles. The predicted octanol–water partition coefficient (Wildman–Crippen LogP) is 7.19. The summed E-state index contributed by atoms with van der Waals surface area (Å²) in [7, 11) is 0. The third-order valence-corrected chi connectivity index (χ3v) is 7.59. The summed E-state index contributed by atoms with van der Waals surface area (Å²) in [5, 5.41) is 0. The molecule has 2 unspecified atom stereocenters. The topological polar surface area (TPSA) is 3.88 Å². The van der Waals surface area contributed by atoms with Gasteiger partial charge < -0.3 is 0 Å². The van der Waals surface area contributed by atoms with E-state index >= 15 is 0 Å². The SMILES string of the molecule is CCCCc1ccc2c(c1)-c1c(C)cc(C)c[n+]1C(CC)(CCC)C2(C)CC. The van der Waals surface area contributed by atoms with E-state index in [2.05, 4.69) is 83.5 Å². The molecule has 2 atom stereocenters. The molecule has 0 N–H and O–H groups in total.